The lowest BCUT2D eigenvalue weighted by molar-refractivity contribution is 0.197. The normalized spacial score (nSPS) is 12.7. The van der Waals surface area contributed by atoms with E-state index in [1.807, 2.05) is 6.92 Å². The second kappa shape index (κ2) is 6.20. The molecule has 2 rings (SSSR count). The zero-order valence-corrected chi connectivity index (χ0v) is 12.9. The summed E-state index contributed by atoms with van der Waals surface area (Å²) in [7, 11) is 0. The highest BCUT2D eigenvalue weighted by atomic mass is 79.9. The summed E-state index contributed by atoms with van der Waals surface area (Å²) in [6, 6.07) is 2.19. The number of aliphatic hydroxyl groups is 1. The molecule has 0 aliphatic rings. The van der Waals surface area contributed by atoms with Crippen molar-refractivity contribution in [3.63, 3.8) is 0 Å². The Morgan fingerprint density at radius 1 is 1.40 bits per heavy atom. The van der Waals surface area contributed by atoms with Crippen LogP contribution in [0.25, 0.3) is 0 Å². The van der Waals surface area contributed by atoms with E-state index in [9.17, 15) is 13.9 Å². The molecule has 2 aromatic rings. The lowest BCUT2D eigenvalue weighted by atomic mass is 10.0. The maximum atomic E-state index is 13.9. The molecule has 108 valence electrons. The number of aryl methyl sites for hydroxylation is 1. The smallest absolute Gasteiger partial charge is 0.133 e. The van der Waals surface area contributed by atoms with E-state index in [0.717, 1.165) is 18.6 Å². The summed E-state index contributed by atoms with van der Waals surface area (Å²) in [6.45, 7) is 2.42. The van der Waals surface area contributed by atoms with E-state index in [-0.39, 0.29) is 15.2 Å². The quantitative estimate of drug-likeness (QED) is 0.887. The average Bonchev–Trinajstić information content (AvgIpc) is 2.69. The van der Waals surface area contributed by atoms with Crippen molar-refractivity contribution in [1.82, 2.24) is 9.78 Å². The molecule has 3 nitrogen and oxygen atoms in total. The van der Waals surface area contributed by atoms with Gasteiger partial charge in [0.05, 0.1) is 22.5 Å². The molecule has 1 unspecified atom stereocenters. The standard InChI is InChI=1S/C13H12BrClF2N2O/c1-2-3-19-12(8(15)6-18-19)13(20)11-9(16)4-7(14)5-10(11)17/h4-6,13,20H,2-3H2,1H3. The molecule has 0 bridgehead atoms. The Morgan fingerprint density at radius 2 is 2.00 bits per heavy atom. The highest BCUT2D eigenvalue weighted by Gasteiger charge is 2.26. The van der Waals surface area contributed by atoms with Gasteiger partial charge in [0.15, 0.2) is 0 Å². The van der Waals surface area contributed by atoms with Gasteiger partial charge in [-0.25, -0.2) is 8.78 Å². The molecule has 0 amide bonds. The first-order chi connectivity index (χ1) is 9.45. The Hall–Kier alpha value is -0.980. The molecule has 0 aliphatic carbocycles. The fraction of sp³-hybridized carbons (Fsp3) is 0.308. The van der Waals surface area contributed by atoms with Gasteiger partial charge in [0.1, 0.15) is 17.7 Å². The zero-order valence-electron chi connectivity index (χ0n) is 10.6. The van der Waals surface area contributed by atoms with E-state index < -0.39 is 23.3 Å². The van der Waals surface area contributed by atoms with Gasteiger partial charge in [0.2, 0.25) is 0 Å². The van der Waals surface area contributed by atoms with Crippen molar-refractivity contribution in [3.05, 3.63) is 50.7 Å². The maximum absolute atomic E-state index is 13.9. The topological polar surface area (TPSA) is 38.0 Å². The molecule has 1 aromatic heterocycles. The van der Waals surface area contributed by atoms with Crippen LogP contribution in [0.15, 0.2) is 22.8 Å². The summed E-state index contributed by atoms with van der Waals surface area (Å²) >= 11 is 8.96. The first-order valence-electron chi connectivity index (χ1n) is 5.99. The Kier molecular flexibility index (Phi) is 4.78. The molecule has 1 atom stereocenters. The first-order valence-corrected chi connectivity index (χ1v) is 7.16. The van der Waals surface area contributed by atoms with Gasteiger partial charge >= 0.3 is 0 Å². The first kappa shape index (κ1) is 15.4. The summed E-state index contributed by atoms with van der Waals surface area (Å²) in [5.41, 5.74) is -0.249. The fourth-order valence-electron chi connectivity index (χ4n) is 1.99. The summed E-state index contributed by atoms with van der Waals surface area (Å²) in [5.74, 6) is -1.69. The van der Waals surface area contributed by atoms with Gasteiger partial charge in [-0.2, -0.15) is 5.10 Å². The molecule has 0 radical (unpaired) electrons. The van der Waals surface area contributed by atoms with E-state index in [4.69, 9.17) is 11.6 Å². The highest BCUT2D eigenvalue weighted by molar-refractivity contribution is 9.10. The number of hydrogen-bond acceptors (Lipinski definition) is 2. The molecule has 20 heavy (non-hydrogen) atoms. The van der Waals surface area contributed by atoms with Crippen molar-refractivity contribution in [1.29, 1.82) is 0 Å². The van der Waals surface area contributed by atoms with Crippen LogP contribution in [0.2, 0.25) is 5.02 Å². The van der Waals surface area contributed by atoms with Gasteiger partial charge in [-0.15, -0.1) is 0 Å². The monoisotopic (exact) mass is 364 g/mol. The van der Waals surface area contributed by atoms with E-state index in [0.29, 0.717) is 6.54 Å². The fourth-order valence-corrected chi connectivity index (χ4v) is 2.63. The summed E-state index contributed by atoms with van der Waals surface area (Å²) in [5, 5.41) is 14.5. The van der Waals surface area contributed by atoms with Crippen LogP contribution in [-0.2, 0) is 6.54 Å². The van der Waals surface area contributed by atoms with Crippen LogP contribution in [-0.4, -0.2) is 14.9 Å². The molecule has 1 heterocycles. The highest BCUT2D eigenvalue weighted by Crippen LogP contribution is 2.32. The lowest BCUT2D eigenvalue weighted by Crippen LogP contribution is -2.13. The third-order valence-electron chi connectivity index (χ3n) is 2.84. The minimum Gasteiger partial charge on any atom is -0.382 e. The second-order valence-electron chi connectivity index (χ2n) is 4.29. The summed E-state index contributed by atoms with van der Waals surface area (Å²) in [4.78, 5) is 0. The van der Waals surface area contributed by atoms with Crippen molar-refractivity contribution in [3.8, 4) is 0 Å². The molecule has 0 spiro atoms. The van der Waals surface area contributed by atoms with E-state index in [1.54, 1.807) is 0 Å². The number of aliphatic hydroxyl groups excluding tert-OH is 1. The Bertz CT molecular complexity index is 610. The van der Waals surface area contributed by atoms with E-state index in [1.165, 1.54) is 10.9 Å². The molecule has 7 heteroatoms. The summed E-state index contributed by atoms with van der Waals surface area (Å²) < 4.78 is 29.5. The van der Waals surface area contributed by atoms with Crippen molar-refractivity contribution in [2.24, 2.45) is 0 Å². The maximum Gasteiger partial charge on any atom is 0.133 e. The number of aromatic nitrogens is 2. The van der Waals surface area contributed by atoms with Crippen molar-refractivity contribution < 1.29 is 13.9 Å². The van der Waals surface area contributed by atoms with Gasteiger partial charge < -0.3 is 5.11 Å². The average molecular weight is 366 g/mol. The van der Waals surface area contributed by atoms with Crippen LogP contribution in [0, 0.1) is 11.6 Å². The van der Waals surface area contributed by atoms with Crippen LogP contribution in [0.1, 0.15) is 30.7 Å². The molecule has 0 aliphatic heterocycles. The predicted molar refractivity (Wildman–Crippen MR) is 75.6 cm³/mol. The van der Waals surface area contributed by atoms with Crippen LogP contribution in [0.5, 0.6) is 0 Å². The van der Waals surface area contributed by atoms with Gasteiger partial charge in [-0.3, -0.25) is 4.68 Å². The number of nitrogens with zero attached hydrogens (tertiary/aromatic N) is 2. The minimum absolute atomic E-state index is 0.174. The van der Waals surface area contributed by atoms with Gasteiger partial charge in [0, 0.05) is 11.0 Å². The minimum atomic E-state index is -1.51. The summed E-state index contributed by atoms with van der Waals surface area (Å²) in [6.07, 6.45) is 0.595. The number of hydrogen-bond donors (Lipinski definition) is 1. The SMILES string of the molecule is CCCn1ncc(Cl)c1C(O)c1c(F)cc(Br)cc1F. The molecule has 0 saturated carbocycles. The number of benzene rings is 1. The van der Waals surface area contributed by atoms with E-state index in [2.05, 4.69) is 21.0 Å². The molecule has 1 N–H and O–H groups in total. The molecule has 1 aromatic carbocycles. The van der Waals surface area contributed by atoms with Crippen LogP contribution in [0.3, 0.4) is 0 Å². The largest absolute Gasteiger partial charge is 0.382 e. The number of rotatable bonds is 4. The van der Waals surface area contributed by atoms with Gasteiger partial charge in [-0.1, -0.05) is 34.5 Å². The van der Waals surface area contributed by atoms with Crippen molar-refractivity contribution in [2.75, 3.05) is 0 Å². The Morgan fingerprint density at radius 3 is 2.55 bits per heavy atom. The van der Waals surface area contributed by atoms with Gasteiger partial charge in [0.25, 0.3) is 0 Å². The van der Waals surface area contributed by atoms with E-state index >= 15 is 0 Å². The molecule has 0 saturated heterocycles. The molecular weight excluding hydrogens is 354 g/mol. The second-order valence-corrected chi connectivity index (χ2v) is 5.61. The zero-order chi connectivity index (χ0) is 14.9. The van der Waals surface area contributed by atoms with Crippen LogP contribution < -0.4 is 0 Å². The lowest BCUT2D eigenvalue weighted by Gasteiger charge is -2.16. The van der Waals surface area contributed by atoms with Crippen molar-refractivity contribution in [2.45, 2.75) is 26.0 Å². The molecular formula is C13H12BrClF2N2O. The number of halogens is 4. The van der Waals surface area contributed by atoms with Crippen molar-refractivity contribution >= 4 is 27.5 Å². The van der Waals surface area contributed by atoms with Crippen LogP contribution in [0.4, 0.5) is 8.78 Å². The van der Waals surface area contributed by atoms with Crippen LogP contribution >= 0.6 is 27.5 Å². The third-order valence-corrected chi connectivity index (χ3v) is 3.59. The Labute approximate surface area is 128 Å². The van der Waals surface area contributed by atoms with Gasteiger partial charge in [-0.05, 0) is 18.6 Å². The Balaban J connectivity index is 2.52. The molecule has 0 fully saturated rings. The predicted octanol–water partition coefficient (Wildman–Crippen LogP) is 4.07. The third kappa shape index (κ3) is 2.87.